The van der Waals surface area contributed by atoms with Crippen molar-refractivity contribution < 1.29 is 36.2 Å². The summed E-state index contributed by atoms with van der Waals surface area (Å²) in [6.45, 7) is 3.40. The van der Waals surface area contributed by atoms with Crippen LogP contribution in [0.4, 0.5) is 13.2 Å². The van der Waals surface area contributed by atoms with Crippen LogP contribution in [0.1, 0.15) is 27.0 Å². The number of thioether (sulfide) groups is 1. The highest BCUT2D eigenvalue weighted by atomic mass is 32.2. The van der Waals surface area contributed by atoms with Gasteiger partial charge in [0.1, 0.15) is 11.5 Å². The van der Waals surface area contributed by atoms with Crippen molar-refractivity contribution in [2.45, 2.75) is 29.8 Å². The van der Waals surface area contributed by atoms with E-state index in [9.17, 15) is 31.5 Å². The van der Waals surface area contributed by atoms with Gasteiger partial charge in [-0.05, 0) is 85.6 Å². The van der Waals surface area contributed by atoms with Crippen LogP contribution in [0.3, 0.4) is 0 Å². The maximum absolute atomic E-state index is 12.6. The Balaban J connectivity index is 1.53. The molecule has 3 aromatic rings. The molecule has 0 aliphatic carbocycles. The second kappa shape index (κ2) is 10.7. The monoisotopic (exact) mass is 525 g/mol. The van der Waals surface area contributed by atoms with Gasteiger partial charge in [0, 0.05) is 17.2 Å². The normalized spacial score (nSPS) is 11.9. The molecular weight excluding hydrogens is 503 g/mol. The average Bonchev–Trinajstić information content (AvgIpc) is 2.79. The number of ether oxygens (including phenoxy) is 1. The van der Waals surface area contributed by atoms with E-state index in [1.54, 1.807) is 38.1 Å². The summed E-state index contributed by atoms with van der Waals surface area (Å²) in [5.41, 5.74) is 0.265. The third kappa shape index (κ3) is 7.00. The first-order valence-electron chi connectivity index (χ1n) is 10.3. The number of sulfonamides is 1. The van der Waals surface area contributed by atoms with E-state index in [0.717, 1.165) is 23.1 Å². The Morgan fingerprint density at radius 2 is 1.57 bits per heavy atom. The predicted molar refractivity (Wildman–Crippen MR) is 127 cm³/mol. The molecule has 0 spiro atoms. The lowest BCUT2D eigenvalue weighted by atomic mass is 10.0. The number of hydrogen-bond donors (Lipinski definition) is 2. The van der Waals surface area contributed by atoms with E-state index < -0.39 is 27.7 Å². The number of rotatable bonds is 9. The summed E-state index contributed by atoms with van der Waals surface area (Å²) in [7, 11) is -3.88. The zero-order valence-electron chi connectivity index (χ0n) is 18.7. The Labute approximate surface area is 205 Å². The van der Waals surface area contributed by atoms with E-state index in [4.69, 9.17) is 4.74 Å². The average molecular weight is 526 g/mol. The van der Waals surface area contributed by atoms with Gasteiger partial charge in [0.05, 0.1) is 16.0 Å². The van der Waals surface area contributed by atoms with E-state index in [-0.39, 0.29) is 22.8 Å². The summed E-state index contributed by atoms with van der Waals surface area (Å²) in [4.78, 5) is 12.1. The maximum Gasteiger partial charge on any atom is 0.416 e. The molecule has 0 aromatic heterocycles. The van der Waals surface area contributed by atoms with Crippen molar-refractivity contribution in [3.05, 3.63) is 82.9 Å². The van der Waals surface area contributed by atoms with Gasteiger partial charge in [-0.1, -0.05) is 0 Å². The molecule has 3 aromatic carbocycles. The van der Waals surface area contributed by atoms with Crippen LogP contribution in [-0.4, -0.2) is 31.8 Å². The largest absolute Gasteiger partial charge is 0.478 e. The van der Waals surface area contributed by atoms with Crippen LogP contribution in [-0.2, 0) is 16.2 Å². The van der Waals surface area contributed by atoms with Crippen LogP contribution in [0.5, 0.6) is 11.5 Å². The van der Waals surface area contributed by atoms with Gasteiger partial charge in [0.2, 0.25) is 10.0 Å². The van der Waals surface area contributed by atoms with Crippen LogP contribution < -0.4 is 9.46 Å². The molecule has 2 N–H and O–H groups in total. The fourth-order valence-corrected chi connectivity index (χ4v) is 5.12. The molecule has 0 bridgehead atoms. The molecule has 11 heteroatoms. The molecule has 35 heavy (non-hydrogen) atoms. The lowest BCUT2D eigenvalue weighted by Gasteiger charge is -2.11. The number of nitrogens with one attached hydrogen (secondary N) is 1. The van der Waals surface area contributed by atoms with E-state index in [0.29, 0.717) is 22.6 Å². The molecule has 0 heterocycles. The number of aryl methyl sites for hydroxylation is 1. The molecule has 0 saturated carbocycles. The molecular formula is C24H22F3NO5S2. The molecule has 0 saturated heterocycles. The lowest BCUT2D eigenvalue weighted by Crippen LogP contribution is -2.26. The Hall–Kier alpha value is -3.02. The number of carboxylic acids is 1. The Kier molecular flexibility index (Phi) is 8.14. The number of alkyl halides is 3. The molecule has 0 aliphatic heterocycles. The number of benzene rings is 3. The maximum atomic E-state index is 12.6. The minimum absolute atomic E-state index is 0.0571. The van der Waals surface area contributed by atoms with Crippen LogP contribution in [0.25, 0.3) is 0 Å². The summed E-state index contributed by atoms with van der Waals surface area (Å²) in [5.74, 6) is -0.0671. The molecule has 0 unspecified atom stereocenters. The highest BCUT2D eigenvalue weighted by Gasteiger charge is 2.30. The predicted octanol–water partition coefficient (Wildman–Crippen LogP) is 5.88. The van der Waals surface area contributed by atoms with E-state index in [1.165, 1.54) is 30.0 Å². The number of halogens is 3. The van der Waals surface area contributed by atoms with Gasteiger partial charge in [-0.3, -0.25) is 0 Å². The molecule has 0 amide bonds. The van der Waals surface area contributed by atoms with Crippen LogP contribution in [0, 0.1) is 13.8 Å². The van der Waals surface area contributed by atoms with E-state index in [2.05, 4.69) is 4.72 Å². The fraction of sp³-hybridized carbons (Fsp3) is 0.208. The lowest BCUT2D eigenvalue weighted by molar-refractivity contribution is -0.137. The summed E-state index contributed by atoms with van der Waals surface area (Å²) in [6.07, 6.45) is -4.41. The highest BCUT2D eigenvalue weighted by molar-refractivity contribution is 7.99. The summed E-state index contributed by atoms with van der Waals surface area (Å²) in [5, 5.41) is 9.29. The van der Waals surface area contributed by atoms with Crippen LogP contribution >= 0.6 is 11.8 Å². The third-order valence-corrected chi connectivity index (χ3v) is 7.54. The van der Waals surface area contributed by atoms with Crippen molar-refractivity contribution >= 4 is 27.8 Å². The minimum atomic E-state index is -4.41. The van der Waals surface area contributed by atoms with Crippen molar-refractivity contribution in [2.24, 2.45) is 0 Å². The van der Waals surface area contributed by atoms with Gasteiger partial charge in [-0.2, -0.15) is 13.2 Å². The van der Waals surface area contributed by atoms with Crippen molar-refractivity contribution in [3.8, 4) is 11.5 Å². The van der Waals surface area contributed by atoms with Gasteiger partial charge < -0.3 is 9.84 Å². The quantitative estimate of drug-likeness (QED) is 0.268. The molecule has 0 atom stereocenters. The number of carboxylic acid groups (broad SMARTS) is 1. The van der Waals surface area contributed by atoms with E-state index >= 15 is 0 Å². The molecule has 0 radical (unpaired) electrons. The Bertz CT molecular complexity index is 1310. The molecule has 0 aliphatic rings. The topological polar surface area (TPSA) is 92.7 Å². The summed E-state index contributed by atoms with van der Waals surface area (Å²) < 4.78 is 71.1. The number of carbonyl (C=O) groups is 1. The van der Waals surface area contributed by atoms with Crippen LogP contribution in [0.15, 0.2) is 70.5 Å². The fourth-order valence-electron chi connectivity index (χ4n) is 3.08. The van der Waals surface area contributed by atoms with Gasteiger partial charge in [-0.15, -0.1) is 11.8 Å². The standard InChI is InChI=1S/C24H22F3NO5S2/c1-15-13-21(14-22(16(15)2)23(29)30)35(31,32)28-11-12-34-20-9-7-19(8-10-20)33-18-5-3-17(4-6-18)24(25,26)27/h3-10,13-14,28H,11-12H2,1-2H3,(H,29,30). The first-order valence-corrected chi connectivity index (χ1v) is 12.8. The molecule has 0 fully saturated rings. The van der Waals surface area contributed by atoms with Crippen molar-refractivity contribution in [3.63, 3.8) is 0 Å². The molecule has 3 rings (SSSR count). The van der Waals surface area contributed by atoms with Gasteiger partial charge >= 0.3 is 12.1 Å². The Morgan fingerprint density at radius 1 is 1.00 bits per heavy atom. The minimum Gasteiger partial charge on any atom is -0.478 e. The van der Waals surface area contributed by atoms with Gasteiger partial charge in [0.15, 0.2) is 0 Å². The highest BCUT2D eigenvalue weighted by Crippen LogP contribution is 2.32. The SMILES string of the molecule is Cc1cc(S(=O)(=O)NCCSc2ccc(Oc3ccc(C(F)(F)F)cc3)cc2)cc(C(=O)O)c1C. The van der Waals surface area contributed by atoms with E-state index in [1.807, 2.05) is 0 Å². The van der Waals surface area contributed by atoms with Gasteiger partial charge in [0.25, 0.3) is 0 Å². The second-order valence-electron chi connectivity index (χ2n) is 7.56. The number of hydrogen-bond acceptors (Lipinski definition) is 5. The second-order valence-corrected chi connectivity index (χ2v) is 10.5. The first kappa shape index (κ1) is 26.6. The summed E-state index contributed by atoms with van der Waals surface area (Å²) >= 11 is 1.39. The smallest absolute Gasteiger partial charge is 0.416 e. The third-order valence-electron chi connectivity index (χ3n) is 5.09. The summed E-state index contributed by atoms with van der Waals surface area (Å²) in [6, 6.07) is 13.8. The Morgan fingerprint density at radius 3 is 2.11 bits per heavy atom. The van der Waals surface area contributed by atoms with Crippen LogP contribution in [0.2, 0.25) is 0 Å². The van der Waals surface area contributed by atoms with Gasteiger partial charge in [-0.25, -0.2) is 17.9 Å². The number of aromatic carboxylic acids is 1. The first-order chi connectivity index (χ1) is 16.4. The zero-order chi connectivity index (χ0) is 25.8. The zero-order valence-corrected chi connectivity index (χ0v) is 20.4. The van der Waals surface area contributed by atoms with Crippen molar-refractivity contribution in [1.29, 1.82) is 0 Å². The van der Waals surface area contributed by atoms with Crippen molar-refractivity contribution in [2.75, 3.05) is 12.3 Å². The molecule has 6 nitrogen and oxygen atoms in total. The van der Waals surface area contributed by atoms with Crippen molar-refractivity contribution in [1.82, 2.24) is 4.72 Å². The molecule has 186 valence electrons.